The molecule has 0 amide bonds. The molecule has 2 atom stereocenters. The van der Waals surface area contributed by atoms with E-state index in [-0.39, 0.29) is 5.82 Å². The molecule has 1 aromatic rings. The molecule has 0 fully saturated rings. The van der Waals surface area contributed by atoms with Crippen LogP contribution in [0, 0.1) is 0 Å². The van der Waals surface area contributed by atoms with Crippen LogP contribution in [0.5, 0.6) is 0 Å². The normalized spacial score (nSPS) is 15.1. The van der Waals surface area contributed by atoms with Crippen molar-refractivity contribution in [2.45, 2.75) is 18.6 Å². The van der Waals surface area contributed by atoms with Gasteiger partial charge in [0.1, 0.15) is 11.9 Å². The van der Waals surface area contributed by atoms with Gasteiger partial charge >= 0.3 is 0 Å². The predicted molar refractivity (Wildman–Crippen MR) is 55.9 cm³/mol. The van der Waals surface area contributed by atoms with Crippen molar-refractivity contribution < 1.29 is 10.2 Å². The smallest absolute Gasteiger partial charge is 0.141 e. The van der Waals surface area contributed by atoms with Gasteiger partial charge in [0, 0.05) is 0 Å². The lowest BCUT2D eigenvalue weighted by molar-refractivity contribution is 0.0145. The Morgan fingerprint density at radius 3 is 2.57 bits per heavy atom. The number of hydrogen-bond acceptors (Lipinski definition) is 6. The molecule has 1 aromatic heterocycles. The van der Waals surface area contributed by atoms with E-state index in [2.05, 4.69) is 22.6 Å². The molecule has 1 heterocycles. The van der Waals surface area contributed by atoms with Crippen LogP contribution in [-0.2, 0) is 0 Å². The molecule has 1 rings (SSSR count). The third-order valence-electron chi connectivity index (χ3n) is 1.78. The van der Waals surface area contributed by atoms with Crippen LogP contribution in [0.25, 0.3) is 0 Å². The Bertz CT molecular complexity index is 280. The van der Waals surface area contributed by atoms with Crippen molar-refractivity contribution in [3.05, 3.63) is 18.1 Å². The SMILES string of the molecule is Nc1cnc(C(O)C(O)CCS)cn1. The van der Waals surface area contributed by atoms with Gasteiger partial charge in [0.25, 0.3) is 0 Å². The van der Waals surface area contributed by atoms with E-state index in [1.807, 2.05) is 0 Å². The maximum Gasteiger partial charge on any atom is 0.141 e. The minimum absolute atomic E-state index is 0.282. The van der Waals surface area contributed by atoms with E-state index in [4.69, 9.17) is 5.73 Å². The van der Waals surface area contributed by atoms with Crippen LogP contribution in [0.3, 0.4) is 0 Å². The maximum absolute atomic E-state index is 9.58. The first-order valence-electron chi connectivity index (χ1n) is 4.19. The molecule has 0 aromatic carbocycles. The van der Waals surface area contributed by atoms with Crippen molar-refractivity contribution >= 4 is 18.4 Å². The van der Waals surface area contributed by atoms with Crippen molar-refractivity contribution in [2.75, 3.05) is 11.5 Å². The van der Waals surface area contributed by atoms with Gasteiger partial charge in [-0.15, -0.1) is 0 Å². The second kappa shape index (κ2) is 5.14. The largest absolute Gasteiger partial charge is 0.390 e. The highest BCUT2D eigenvalue weighted by molar-refractivity contribution is 7.80. The standard InChI is InChI=1S/C8H13N3O2S/c9-7-4-10-5(3-11-7)8(13)6(12)1-2-14/h3-4,6,8,12-14H,1-2H2,(H2,9,11). The fourth-order valence-electron chi connectivity index (χ4n) is 0.988. The fraction of sp³-hybridized carbons (Fsp3) is 0.500. The molecule has 0 spiro atoms. The highest BCUT2D eigenvalue weighted by Crippen LogP contribution is 2.16. The van der Waals surface area contributed by atoms with Gasteiger partial charge in [-0.2, -0.15) is 12.6 Å². The zero-order chi connectivity index (χ0) is 10.6. The van der Waals surface area contributed by atoms with E-state index in [1.54, 1.807) is 0 Å². The van der Waals surface area contributed by atoms with Crippen LogP contribution in [0.4, 0.5) is 5.82 Å². The molecule has 6 heteroatoms. The Morgan fingerprint density at radius 1 is 1.36 bits per heavy atom. The van der Waals surface area contributed by atoms with Crippen molar-refractivity contribution in [3.63, 3.8) is 0 Å². The van der Waals surface area contributed by atoms with Gasteiger partial charge in [-0.1, -0.05) is 0 Å². The molecule has 0 aliphatic carbocycles. The van der Waals surface area contributed by atoms with Gasteiger partial charge in [-0.25, -0.2) is 4.98 Å². The molecule has 0 aliphatic rings. The first-order chi connectivity index (χ1) is 6.65. The van der Waals surface area contributed by atoms with Gasteiger partial charge in [0.2, 0.25) is 0 Å². The highest BCUT2D eigenvalue weighted by atomic mass is 32.1. The maximum atomic E-state index is 9.58. The van der Waals surface area contributed by atoms with Gasteiger partial charge in [-0.3, -0.25) is 4.98 Å². The molecule has 0 radical (unpaired) electrons. The van der Waals surface area contributed by atoms with Crippen molar-refractivity contribution in [2.24, 2.45) is 0 Å². The van der Waals surface area contributed by atoms with Crippen LogP contribution in [0.2, 0.25) is 0 Å². The van der Waals surface area contributed by atoms with E-state index in [9.17, 15) is 10.2 Å². The van der Waals surface area contributed by atoms with Gasteiger partial charge < -0.3 is 15.9 Å². The molecular formula is C8H13N3O2S. The lowest BCUT2D eigenvalue weighted by Crippen LogP contribution is -2.20. The zero-order valence-corrected chi connectivity index (χ0v) is 8.43. The molecule has 14 heavy (non-hydrogen) atoms. The van der Waals surface area contributed by atoms with E-state index in [0.717, 1.165) is 0 Å². The highest BCUT2D eigenvalue weighted by Gasteiger charge is 2.18. The Kier molecular flexibility index (Phi) is 4.12. The Morgan fingerprint density at radius 2 is 2.07 bits per heavy atom. The summed E-state index contributed by atoms with van der Waals surface area (Å²) in [5, 5.41) is 19.0. The van der Waals surface area contributed by atoms with Crippen molar-refractivity contribution in [1.29, 1.82) is 0 Å². The number of aliphatic hydroxyl groups is 2. The topological polar surface area (TPSA) is 92.3 Å². The molecular weight excluding hydrogens is 202 g/mol. The zero-order valence-electron chi connectivity index (χ0n) is 7.54. The quantitative estimate of drug-likeness (QED) is 0.521. The number of aromatic nitrogens is 2. The number of thiol groups is 1. The number of hydrogen-bond donors (Lipinski definition) is 4. The number of nitrogens with two attached hydrogens (primary N) is 1. The first kappa shape index (κ1) is 11.2. The summed E-state index contributed by atoms with van der Waals surface area (Å²) in [6.07, 6.45) is 1.19. The average molecular weight is 215 g/mol. The third-order valence-corrected chi connectivity index (χ3v) is 2.04. The molecule has 4 N–H and O–H groups in total. The fourth-order valence-corrected chi connectivity index (χ4v) is 1.25. The second-order valence-electron chi connectivity index (χ2n) is 2.89. The summed E-state index contributed by atoms with van der Waals surface area (Å²) in [5.41, 5.74) is 5.65. The summed E-state index contributed by atoms with van der Waals surface area (Å²) < 4.78 is 0. The van der Waals surface area contributed by atoms with Gasteiger partial charge in [0.15, 0.2) is 0 Å². The molecule has 5 nitrogen and oxygen atoms in total. The average Bonchev–Trinajstić information content (AvgIpc) is 2.18. The lowest BCUT2D eigenvalue weighted by Gasteiger charge is -2.15. The Balaban J connectivity index is 2.68. The number of nitrogen functional groups attached to an aromatic ring is 1. The first-order valence-corrected chi connectivity index (χ1v) is 4.82. The van der Waals surface area contributed by atoms with Crippen LogP contribution in [-0.4, -0.2) is 32.0 Å². The number of anilines is 1. The molecule has 78 valence electrons. The molecule has 0 aliphatic heterocycles. The molecule has 2 unspecified atom stereocenters. The van der Waals surface area contributed by atoms with E-state index in [0.29, 0.717) is 17.9 Å². The number of rotatable bonds is 4. The lowest BCUT2D eigenvalue weighted by atomic mass is 10.1. The predicted octanol–water partition coefficient (Wildman–Crippen LogP) is -0.227. The summed E-state index contributed by atoms with van der Waals surface area (Å²) in [6.45, 7) is 0. The van der Waals surface area contributed by atoms with Gasteiger partial charge in [0.05, 0.1) is 24.2 Å². The summed E-state index contributed by atoms with van der Waals surface area (Å²) in [6, 6.07) is 0. The van der Waals surface area contributed by atoms with Crippen molar-refractivity contribution in [1.82, 2.24) is 9.97 Å². The van der Waals surface area contributed by atoms with Crippen LogP contribution in [0.15, 0.2) is 12.4 Å². The van der Waals surface area contributed by atoms with E-state index in [1.165, 1.54) is 12.4 Å². The monoisotopic (exact) mass is 215 g/mol. The van der Waals surface area contributed by atoms with E-state index < -0.39 is 12.2 Å². The molecule has 0 saturated carbocycles. The summed E-state index contributed by atoms with van der Waals surface area (Å²) in [7, 11) is 0. The number of nitrogens with zero attached hydrogens (tertiary/aromatic N) is 2. The minimum Gasteiger partial charge on any atom is -0.390 e. The summed E-state index contributed by atoms with van der Waals surface area (Å²) >= 11 is 3.96. The summed E-state index contributed by atoms with van der Waals surface area (Å²) in [4.78, 5) is 7.63. The summed E-state index contributed by atoms with van der Waals surface area (Å²) in [5.74, 6) is 0.783. The third kappa shape index (κ3) is 2.83. The van der Waals surface area contributed by atoms with Crippen molar-refractivity contribution in [3.8, 4) is 0 Å². The Labute approximate surface area is 87.4 Å². The minimum atomic E-state index is -1.03. The van der Waals surface area contributed by atoms with Gasteiger partial charge in [-0.05, 0) is 12.2 Å². The molecule has 0 bridgehead atoms. The second-order valence-corrected chi connectivity index (χ2v) is 3.34. The van der Waals surface area contributed by atoms with E-state index >= 15 is 0 Å². The number of aliphatic hydroxyl groups excluding tert-OH is 2. The van der Waals surface area contributed by atoms with Crippen LogP contribution < -0.4 is 5.73 Å². The van der Waals surface area contributed by atoms with Crippen LogP contribution >= 0.6 is 12.6 Å². The van der Waals surface area contributed by atoms with Crippen LogP contribution in [0.1, 0.15) is 18.2 Å². The Hall–Kier alpha value is -0.850. The molecule has 0 saturated heterocycles.